The van der Waals surface area contributed by atoms with Gasteiger partial charge in [-0.3, -0.25) is 9.59 Å². The summed E-state index contributed by atoms with van der Waals surface area (Å²) in [5.74, 6) is -0.554. The first-order valence-corrected chi connectivity index (χ1v) is 5.28. The lowest BCUT2D eigenvalue weighted by Gasteiger charge is -2.15. The number of rotatable bonds is 1. The van der Waals surface area contributed by atoms with E-state index in [1.165, 1.54) is 0 Å². The number of benzene rings is 1. The number of carbonyl (C=O) groups is 2. The van der Waals surface area contributed by atoms with Crippen molar-refractivity contribution in [2.75, 3.05) is 11.5 Å². The molecule has 1 atom stereocenters. The Bertz CT molecular complexity index is 496. The molecule has 82 valence electrons. The van der Waals surface area contributed by atoms with Gasteiger partial charge in [0.15, 0.2) is 5.60 Å². The lowest BCUT2D eigenvalue weighted by Crippen LogP contribution is -2.33. The van der Waals surface area contributed by atoms with Gasteiger partial charge in [-0.2, -0.15) is 0 Å². The molecule has 1 unspecified atom stereocenters. The Balaban J connectivity index is 2.05. The fourth-order valence-corrected chi connectivity index (χ4v) is 2.13. The summed E-state index contributed by atoms with van der Waals surface area (Å²) in [5.41, 5.74) is -0.442. The predicted molar refractivity (Wildman–Crippen MR) is 57.2 cm³/mol. The molecular formula is C11H8ClNO3. The van der Waals surface area contributed by atoms with E-state index in [0.717, 1.165) is 4.90 Å². The Morgan fingerprint density at radius 1 is 1.31 bits per heavy atom. The van der Waals surface area contributed by atoms with Gasteiger partial charge in [0.05, 0.1) is 23.7 Å². The third kappa shape index (κ3) is 1.20. The fraction of sp³-hybridized carbons (Fsp3) is 0.273. The number of halogens is 1. The number of nitrogens with zero attached hydrogens (tertiary/aromatic N) is 1. The van der Waals surface area contributed by atoms with Crippen molar-refractivity contribution >= 4 is 29.1 Å². The summed E-state index contributed by atoms with van der Waals surface area (Å²) < 4.78 is 5.08. The maximum atomic E-state index is 12.0. The largest absolute Gasteiger partial charge is 0.359 e. The zero-order valence-corrected chi connectivity index (χ0v) is 9.03. The molecule has 2 aliphatic rings. The van der Waals surface area contributed by atoms with Crippen LogP contribution in [0.15, 0.2) is 24.3 Å². The highest BCUT2D eigenvalue weighted by Crippen LogP contribution is 2.42. The van der Waals surface area contributed by atoms with Crippen LogP contribution in [-0.2, 0) is 14.3 Å². The Morgan fingerprint density at radius 3 is 2.56 bits per heavy atom. The third-order valence-corrected chi connectivity index (χ3v) is 3.18. The minimum absolute atomic E-state index is 0.122. The normalized spacial score (nSPS) is 27.9. The van der Waals surface area contributed by atoms with Crippen LogP contribution in [0.25, 0.3) is 0 Å². The van der Waals surface area contributed by atoms with Crippen molar-refractivity contribution in [2.24, 2.45) is 0 Å². The molecule has 0 aliphatic carbocycles. The van der Waals surface area contributed by atoms with E-state index in [1.54, 1.807) is 24.3 Å². The zero-order valence-electron chi connectivity index (χ0n) is 8.27. The number of anilines is 1. The number of hydrogen-bond acceptors (Lipinski definition) is 3. The van der Waals surface area contributed by atoms with E-state index in [2.05, 4.69) is 0 Å². The van der Waals surface area contributed by atoms with E-state index < -0.39 is 5.60 Å². The number of imide groups is 1. The molecule has 3 rings (SSSR count). The van der Waals surface area contributed by atoms with Crippen molar-refractivity contribution in [2.45, 2.75) is 12.0 Å². The summed E-state index contributed by atoms with van der Waals surface area (Å²) >= 11 is 5.96. The van der Waals surface area contributed by atoms with Gasteiger partial charge in [0.25, 0.3) is 5.91 Å². The van der Waals surface area contributed by atoms with Crippen molar-refractivity contribution in [3.8, 4) is 0 Å². The number of para-hydroxylation sites is 1. The second-order valence-corrected chi connectivity index (χ2v) is 4.35. The SMILES string of the molecule is O=C1CC2(CO2)C(=O)N1c1ccccc1Cl. The van der Waals surface area contributed by atoms with E-state index in [9.17, 15) is 9.59 Å². The molecule has 1 spiro atoms. The number of epoxide rings is 1. The van der Waals surface area contributed by atoms with Gasteiger partial charge in [-0.15, -0.1) is 0 Å². The molecule has 0 bridgehead atoms. The summed E-state index contributed by atoms with van der Waals surface area (Å²) in [7, 11) is 0. The Kier molecular flexibility index (Phi) is 1.87. The van der Waals surface area contributed by atoms with Crippen molar-refractivity contribution in [1.29, 1.82) is 0 Å². The van der Waals surface area contributed by atoms with E-state index in [-0.39, 0.29) is 18.2 Å². The van der Waals surface area contributed by atoms with Crippen LogP contribution in [0.5, 0.6) is 0 Å². The topological polar surface area (TPSA) is 49.9 Å². The monoisotopic (exact) mass is 237 g/mol. The first kappa shape index (κ1) is 9.81. The molecular weight excluding hydrogens is 230 g/mol. The van der Waals surface area contributed by atoms with Crippen molar-refractivity contribution in [3.63, 3.8) is 0 Å². The Labute approximate surface area is 96.7 Å². The molecule has 1 aromatic rings. The second kappa shape index (κ2) is 3.06. The highest BCUT2D eigenvalue weighted by Gasteiger charge is 2.62. The smallest absolute Gasteiger partial charge is 0.269 e. The van der Waals surface area contributed by atoms with E-state index in [1.807, 2.05) is 0 Å². The van der Waals surface area contributed by atoms with Crippen molar-refractivity contribution < 1.29 is 14.3 Å². The number of ether oxygens (including phenoxy) is 1. The molecule has 0 aromatic heterocycles. The molecule has 2 aliphatic heterocycles. The molecule has 0 saturated carbocycles. The maximum absolute atomic E-state index is 12.0. The van der Waals surface area contributed by atoms with Gasteiger partial charge < -0.3 is 4.74 Å². The standard InChI is InChI=1S/C11H8ClNO3/c12-7-3-1-2-4-8(7)13-9(14)5-11(6-16-11)10(13)15/h1-4H,5-6H2. The third-order valence-electron chi connectivity index (χ3n) is 2.87. The summed E-state index contributed by atoms with van der Waals surface area (Å²) in [4.78, 5) is 24.9. The maximum Gasteiger partial charge on any atom is 0.269 e. The molecule has 2 fully saturated rings. The lowest BCUT2D eigenvalue weighted by molar-refractivity contribution is -0.122. The molecule has 2 heterocycles. The Morgan fingerprint density at radius 2 is 2.00 bits per heavy atom. The number of hydrogen-bond donors (Lipinski definition) is 0. The fourth-order valence-electron chi connectivity index (χ4n) is 1.91. The minimum atomic E-state index is -0.879. The summed E-state index contributed by atoms with van der Waals surface area (Å²) in [6, 6.07) is 6.79. The molecule has 5 heteroatoms. The predicted octanol–water partition coefficient (Wildman–Crippen LogP) is 1.37. The minimum Gasteiger partial charge on any atom is -0.359 e. The van der Waals surface area contributed by atoms with Crippen LogP contribution >= 0.6 is 11.6 Å². The summed E-state index contributed by atoms with van der Waals surface area (Å²) in [5, 5.41) is 0.391. The van der Waals surface area contributed by atoms with E-state index in [0.29, 0.717) is 17.3 Å². The Hall–Kier alpha value is -1.39. The van der Waals surface area contributed by atoms with Crippen molar-refractivity contribution in [1.82, 2.24) is 0 Å². The van der Waals surface area contributed by atoms with Gasteiger partial charge in [-0.05, 0) is 12.1 Å². The molecule has 2 saturated heterocycles. The lowest BCUT2D eigenvalue weighted by atomic mass is 10.1. The van der Waals surface area contributed by atoms with Gasteiger partial charge >= 0.3 is 0 Å². The van der Waals surface area contributed by atoms with Crippen LogP contribution in [0.2, 0.25) is 5.02 Å². The highest BCUT2D eigenvalue weighted by molar-refractivity contribution is 6.36. The molecule has 4 nitrogen and oxygen atoms in total. The zero-order chi connectivity index (χ0) is 11.3. The molecule has 0 radical (unpaired) electrons. The molecule has 2 amide bonds. The highest BCUT2D eigenvalue weighted by atomic mass is 35.5. The van der Waals surface area contributed by atoms with Gasteiger partial charge in [0, 0.05) is 0 Å². The van der Waals surface area contributed by atoms with Crippen LogP contribution in [0.4, 0.5) is 5.69 Å². The first-order chi connectivity index (χ1) is 7.64. The second-order valence-electron chi connectivity index (χ2n) is 3.95. The van der Waals surface area contributed by atoms with Gasteiger partial charge in [0.2, 0.25) is 5.91 Å². The number of amides is 2. The van der Waals surface area contributed by atoms with Crippen molar-refractivity contribution in [3.05, 3.63) is 29.3 Å². The summed E-state index contributed by atoms with van der Waals surface area (Å²) in [6.45, 7) is 0.332. The van der Waals surface area contributed by atoms with E-state index >= 15 is 0 Å². The molecule has 0 N–H and O–H groups in total. The quantitative estimate of drug-likeness (QED) is 0.548. The van der Waals surface area contributed by atoms with Crippen LogP contribution in [0.1, 0.15) is 6.42 Å². The molecule has 1 aromatic carbocycles. The van der Waals surface area contributed by atoms with Crippen LogP contribution in [-0.4, -0.2) is 24.0 Å². The first-order valence-electron chi connectivity index (χ1n) is 4.90. The van der Waals surface area contributed by atoms with E-state index in [4.69, 9.17) is 16.3 Å². The molecule has 16 heavy (non-hydrogen) atoms. The van der Waals surface area contributed by atoms with Crippen LogP contribution < -0.4 is 4.90 Å². The van der Waals surface area contributed by atoms with Crippen LogP contribution in [0.3, 0.4) is 0 Å². The average Bonchev–Trinajstić information content (AvgIpc) is 2.97. The number of carbonyl (C=O) groups excluding carboxylic acids is 2. The van der Waals surface area contributed by atoms with Gasteiger partial charge in [-0.25, -0.2) is 4.90 Å². The average molecular weight is 238 g/mol. The van der Waals surface area contributed by atoms with Gasteiger partial charge in [0.1, 0.15) is 0 Å². The van der Waals surface area contributed by atoms with Crippen LogP contribution in [0, 0.1) is 0 Å². The van der Waals surface area contributed by atoms with Gasteiger partial charge in [-0.1, -0.05) is 23.7 Å². The summed E-state index contributed by atoms with van der Waals surface area (Å²) in [6.07, 6.45) is 0.122.